The van der Waals surface area contributed by atoms with Gasteiger partial charge < -0.3 is 10.6 Å². The Balaban J connectivity index is 1.74. The van der Waals surface area contributed by atoms with Crippen LogP contribution in [0.1, 0.15) is 13.3 Å². The highest BCUT2D eigenvalue weighted by Crippen LogP contribution is 2.29. The Morgan fingerprint density at radius 1 is 1.29 bits per heavy atom. The fraction of sp³-hybridized carbons (Fsp3) is 0.235. The van der Waals surface area contributed by atoms with Crippen molar-refractivity contribution in [3.8, 4) is 0 Å². The van der Waals surface area contributed by atoms with Crippen LogP contribution in [0.5, 0.6) is 0 Å². The first-order valence-electron chi connectivity index (χ1n) is 7.61. The predicted molar refractivity (Wildman–Crippen MR) is 92.9 cm³/mol. The number of amides is 3. The Bertz CT molecular complexity index is 736. The molecule has 1 aromatic heterocycles. The van der Waals surface area contributed by atoms with Crippen molar-refractivity contribution in [2.24, 2.45) is 5.92 Å². The number of benzene rings is 1. The Morgan fingerprint density at radius 3 is 2.71 bits per heavy atom. The number of nitrogens with one attached hydrogen (secondary N) is 2. The van der Waals surface area contributed by atoms with Crippen molar-refractivity contribution in [2.75, 3.05) is 10.2 Å². The van der Waals surface area contributed by atoms with Gasteiger partial charge >= 0.3 is 6.03 Å². The van der Waals surface area contributed by atoms with E-state index >= 15 is 0 Å². The fourth-order valence-corrected chi connectivity index (χ4v) is 2.85. The second kappa shape index (κ2) is 6.88. The molecule has 6 nitrogen and oxygen atoms in total. The topological polar surface area (TPSA) is 74.3 Å². The largest absolute Gasteiger partial charge is 0.320 e. The molecule has 0 spiro atoms. The van der Waals surface area contributed by atoms with E-state index in [9.17, 15) is 9.59 Å². The molecule has 1 aliphatic rings. The molecule has 2 N–H and O–H groups in total. The van der Waals surface area contributed by atoms with E-state index in [4.69, 9.17) is 11.6 Å². The maximum Gasteiger partial charge on any atom is 0.320 e. The first-order chi connectivity index (χ1) is 11.5. The van der Waals surface area contributed by atoms with Crippen LogP contribution in [-0.4, -0.2) is 23.1 Å². The van der Waals surface area contributed by atoms with Crippen molar-refractivity contribution in [2.45, 2.75) is 19.5 Å². The summed E-state index contributed by atoms with van der Waals surface area (Å²) in [5.41, 5.74) is 1.30. The number of carbonyl (C=O) groups is 2. The van der Waals surface area contributed by atoms with E-state index in [1.165, 1.54) is 0 Å². The third kappa shape index (κ3) is 3.49. The Labute approximate surface area is 144 Å². The summed E-state index contributed by atoms with van der Waals surface area (Å²) in [6.45, 7) is 1.85. The highest BCUT2D eigenvalue weighted by molar-refractivity contribution is 6.30. The maximum absolute atomic E-state index is 12.5. The SMILES string of the molecule is C[C@H]1C[C@H](NC(=O)Nc2cccnc2)N(c2ccc(Cl)cc2)C1=O. The molecule has 2 atom stereocenters. The number of hydrogen-bond donors (Lipinski definition) is 2. The van der Waals surface area contributed by atoms with Crippen LogP contribution in [0, 0.1) is 5.92 Å². The lowest BCUT2D eigenvalue weighted by molar-refractivity contribution is -0.120. The molecule has 1 aliphatic heterocycles. The van der Waals surface area contributed by atoms with Crippen LogP contribution in [-0.2, 0) is 4.79 Å². The number of nitrogens with zero attached hydrogens (tertiary/aromatic N) is 2. The molecule has 24 heavy (non-hydrogen) atoms. The van der Waals surface area contributed by atoms with Gasteiger partial charge in [0.05, 0.1) is 11.9 Å². The van der Waals surface area contributed by atoms with Crippen LogP contribution in [0.25, 0.3) is 0 Å². The number of pyridine rings is 1. The van der Waals surface area contributed by atoms with Gasteiger partial charge in [0.15, 0.2) is 0 Å². The Hall–Kier alpha value is -2.60. The van der Waals surface area contributed by atoms with Gasteiger partial charge in [-0.1, -0.05) is 18.5 Å². The van der Waals surface area contributed by atoms with Crippen LogP contribution in [0.2, 0.25) is 5.02 Å². The lowest BCUT2D eigenvalue weighted by Gasteiger charge is -2.25. The summed E-state index contributed by atoms with van der Waals surface area (Å²) in [7, 11) is 0. The van der Waals surface area contributed by atoms with Gasteiger partial charge in [0.1, 0.15) is 6.17 Å². The molecule has 0 radical (unpaired) electrons. The minimum Gasteiger partial charge on any atom is -0.317 e. The molecule has 0 bridgehead atoms. The summed E-state index contributed by atoms with van der Waals surface area (Å²) in [6.07, 6.45) is 3.31. The van der Waals surface area contributed by atoms with Gasteiger partial charge in [0.25, 0.3) is 0 Å². The van der Waals surface area contributed by atoms with E-state index in [0.29, 0.717) is 22.8 Å². The fourth-order valence-electron chi connectivity index (χ4n) is 2.72. The van der Waals surface area contributed by atoms with Gasteiger partial charge in [-0.3, -0.25) is 14.7 Å². The molecule has 2 heterocycles. The first-order valence-corrected chi connectivity index (χ1v) is 7.98. The number of hydrogen-bond acceptors (Lipinski definition) is 3. The number of anilines is 2. The van der Waals surface area contributed by atoms with Gasteiger partial charge in [0.2, 0.25) is 5.91 Å². The van der Waals surface area contributed by atoms with Gasteiger partial charge in [0, 0.05) is 22.8 Å². The minimum absolute atomic E-state index is 0.0241. The van der Waals surface area contributed by atoms with Crippen molar-refractivity contribution in [1.82, 2.24) is 10.3 Å². The van der Waals surface area contributed by atoms with Gasteiger partial charge in [-0.15, -0.1) is 0 Å². The average Bonchev–Trinajstić information content (AvgIpc) is 2.83. The molecular weight excluding hydrogens is 328 g/mol. The molecule has 1 aromatic carbocycles. The molecule has 0 saturated carbocycles. The second-order valence-electron chi connectivity index (χ2n) is 5.68. The molecule has 124 valence electrons. The van der Waals surface area contributed by atoms with Crippen molar-refractivity contribution >= 4 is 34.9 Å². The third-order valence-corrected chi connectivity index (χ3v) is 4.12. The first kappa shape index (κ1) is 16.3. The normalized spacial score (nSPS) is 20.1. The highest BCUT2D eigenvalue weighted by Gasteiger charge is 2.38. The highest BCUT2D eigenvalue weighted by atomic mass is 35.5. The number of halogens is 1. The molecule has 0 unspecified atom stereocenters. The number of carbonyl (C=O) groups excluding carboxylic acids is 2. The monoisotopic (exact) mass is 344 g/mol. The molecule has 1 fully saturated rings. The number of aromatic nitrogens is 1. The van der Waals surface area contributed by atoms with E-state index in [1.54, 1.807) is 53.7 Å². The average molecular weight is 345 g/mol. The Kier molecular flexibility index (Phi) is 4.66. The maximum atomic E-state index is 12.5. The molecule has 3 amide bonds. The van der Waals surface area contributed by atoms with Gasteiger partial charge in [-0.2, -0.15) is 0 Å². The van der Waals surface area contributed by atoms with Crippen molar-refractivity contribution in [3.05, 3.63) is 53.8 Å². The summed E-state index contributed by atoms with van der Waals surface area (Å²) >= 11 is 5.91. The molecular formula is C17H17ClN4O2. The summed E-state index contributed by atoms with van der Waals surface area (Å²) in [6, 6.07) is 10.1. The van der Waals surface area contributed by atoms with Gasteiger partial charge in [-0.25, -0.2) is 4.79 Å². The number of urea groups is 1. The number of rotatable bonds is 3. The quantitative estimate of drug-likeness (QED) is 0.897. The van der Waals surface area contributed by atoms with E-state index in [0.717, 1.165) is 0 Å². The lowest BCUT2D eigenvalue weighted by atomic mass is 10.1. The summed E-state index contributed by atoms with van der Waals surface area (Å²) < 4.78 is 0. The van der Waals surface area contributed by atoms with Crippen LogP contribution in [0.4, 0.5) is 16.2 Å². The molecule has 1 saturated heterocycles. The summed E-state index contributed by atoms with van der Waals surface area (Å²) in [4.78, 5) is 30.2. The smallest absolute Gasteiger partial charge is 0.317 e. The minimum atomic E-state index is -0.412. The van der Waals surface area contributed by atoms with E-state index in [-0.39, 0.29) is 17.9 Å². The standard InChI is InChI=1S/C17H17ClN4O2/c1-11-9-15(21-17(24)20-13-3-2-8-19-10-13)22(16(11)23)14-6-4-12(18)5-7-14/h2-8,10-11,15H,9H2,1H3,(H2,20,21,24)/t11-,15+/m0/s1. The van der Waals surface area contributed by atoms with E-state index in [2.05, 4.69) is 15.6 Å². The van der Waals surface area contributed by atoms with Crippen molar-refractivity contribution in [3.63, 3.8) is 0 Å². The Morgan fingerprint density at radius 2 is 2.04 bits per heavy atom. The predicted octanol–water partition coefficient (Wildman–Crippen LogP) is 3.26. The van der Waals surface area contributed by atoms with Crippen LogP contribution in [0.15, 0.2) is 48.8 Å². The van der Waals surface area contributed by atoms with Crippen molar-refractivity contribution in [1.29, 1.82) is 0 Å². The molecule has 3 rings (SSSR count). The zero-order valence-electron chi connectivity index (χ0n) is 13.1. The zero-order chi connectivity index (χ0) is 17.1. The molecule has 7 heteroatoms. The molecule has 0 aliphatic carbocycles. The van der Waals surface area contributed by atoms with E-state index < -0.39 is 6.17 Å². The molecule has 2 aromatic rings. The van der Waals surface area contributed by atoms with Crippen LogP contribution >= 0.6 is 11.6 Å². The second-order valence-corrected chi connectivity index (χ2v) is 6.11. The summed E-state index contributed by atoms with van der Waals surface area (Å²) in [5.74, 6) is -0.187. The van der Waals surface area contributed by atoms with Crippen molar-refractivity contribution < 1.29 is 9.59 Å². The lowest BCUT2D eigenvalue weighted by Crippen LogP contribution is -2.47. The third-order valence-electron chi connectivity index (χ3n) is 3.87. The van der Waals surface area contributed by atoms with Gasteiger partial charge in [-0.05, 0) is 42.8 Å². The summed E-state index contributed by atoms with van der Waals surface area (Å²) in [5, 5.41) is 6.15. The van der Waals surface area contributed by atoms with E-state index in [1.807, 2.05) is 6.92 Å². The zero-order valence-corrected chi connectivity index (χ0v) is 13.8. The van der Waals surface area contributed by atoms with Crippen LogP contribution in [0.3, 0.4) is 0 Å². The van der Waals surface area contributed by atoms with Crippen LogP contribution < -0.4 is 15.5 Å².